The summed E-state index contributed by atoms with van der Waals surface area (Å²) in [6.45, 7) is 5.40. The molecule has 3 aromatic carbocycles. The van der Waals surface area contributed by atoms with Gasteiger partial charge in [-0.05, 0) is 97.1 Å². The lowest BCUT2D eigenvalue weighted by atomic mass is 9.96. The summed E-state index contributed by atoms with van der Waals surface area (Å²) in [5.41, 5.74) is 4.61. The summed E-state index contributed by atoms with van der Waals surface area (Å²) in [5, 5.41) is 4.93. The zero-order valence-corrected chi connectivity index (χ0v) is 29.1. The number of benzene rings is 3. The Bertz CT molecular complexity index is 2150. The summed E-state index contributed by atoms with van der Waals surface area (Å²) < 4.78 is 15.8. The molecule has 3 heterocycles. The van der Waals surface area contributed by atoms with Crippen LogP contribution in [0, 0.1) is 0 Å². The number of hydrogen-bond acceptors (Lipinski definition) is 8. The molecule has 46 heavy (non-hydrogen) atoms. The van der Waals surface area contributed by atoms with Crippen LogP contribution in [0.2, 0.25) is 0 Å². The Morgan fingerprint density at radius 2 is 1.83 bits per heavy atom. The summed E-state index contributed by atoms with van der Waals surface area (Å²) in [4.78, 5) is 34.1. The predicted molar refractivity (Wildman–Crippen MR) is 186 cm³/mol. The van der Waals surface area contributed by atoms with Crippen molar-refractivity contribution in [1.82, 2.24) is 14.3 Å². The molecule has 11 heteroatoms. The molecule has 0 amide bonds. The van der Waals surface area contributed by atoms with Gasteiger partial charge in [0.25, 0.3) is 5.56 Å². The number of fused-ring (bicyclic) bond motifs is 1. The molecular weight excluding hydrogens is 684 g/mol. The lowest BCUT2D eigenvalue weighted by molar-refractivity contribution is -0.143. The Morgan fingerprint density at radius 3 is 2.48 bits per heavy atom. The van der Waals surface area contributed by atoms with Gasteiger partial charge in [0.05, 0.1) is 45.2 Å². The zero-order valence-electron chi connectivity index (χ0n) is 25.9. The van der Waals surface area contributed by atoms with Crippen molar-refractivity contribution in [3.63, 3.8) is 0 Å². The van der Waals surface area contributed by atoms with Crippen LogP contribution in [0.25, 0.3) is 23.0 Å². The number of esters is 1. The van der Waals surface area contributed by atoms with Gasteiger partial charge in [0.15, 0.2) is 4.80 Å². The maximum atomic E-state index is 14.3. The molecule has 0 N–H and O–H groups in total. The molecule has 6 rings (SSSR count). The Morgan fingerprint density at radius 1 is 1.09 bits per heavy atom. The van der Waals surface area contributed by atoms with Crippen molar-refractivity contribution >= 4 is 51.1 Å². The lowest BCUT2D eigenvalue weighted by Gasteiger charge is -2.25. The minimum absolute atomic E-state index is 0.251. The topological polar surface area (TPSA) is 87.7 Å². The van der Waals surface area contributed by atoms with E-state index in [1.165, 1.54) is 11.3 Å². The van der Waals surface area contributed by atoms with E-state index in [1.807, 2.05) is 91.3 Å². The fourth-order valence-electron chi connectivity index (χ4n) is 5.35. The number of halogens is 1. The number of carbonyl (C=O) groups excluding carboxylic acids is 1. The first-order chi connectivity index (χ1) is 22.2. The SMILES string of the molecule is COc1ccc(-c2nn(-c3ccccc3)cc2C=c2sc3n(c2=O)C(c2ccc(SC)cc2)C(C(=O)OC(C)C)=C(C)N=3)cc1Br. The van der Waals surface area contributed by atoms with E-state index < -0.39 is 12.0 Å². The lowest BCUT2D eigenvalue weighted by Crippen LogP contribution is -2.40. The second kappa shape index (κ2) is 13.3. The summed E-state index contributed by atoms with van der Waals surface area (Å²) >= 11 is 6.51. The number of thiazole rings is 1. The first kappa shape index (κ1) is 31.8. The van der Waals surface area contributed by atoms with Crippen LogP contribution in [0.1, 0.15) is 37.9 Å². The average molecular weight is 716 g/mol. The molecule has 5 aromatic rings. The first-order valence-corrected chi connectivity index (χ1v) is 17.4. The highest BCUT2D eigenvalue weighted by atomic mass is 79.9. The zero-order chi connectivity index (χ0) is 32.5. The number of thioether (sulfide) groups is 1. The molecule has 1 unspecified atom stereocenters. The first-order valence-electron chi connectivity index (χ1n) is 14.5. The Labute approximate surface area is 282 Å². The van der Waals surface area contributed by atoms with Crippen molar-refractivity contribution in [2.75, 3.05) is 13.4 Å². The molecule has 0 aliphatic carbocycles. The van der Waals surface area contributed by atoms with Crippen LogP contribution in [0.5, 0.6) is 5.75 Å². The fraction of sp³-hybridized carbons (Fsp3) is 0.200. The van der Waals surface area contributed by atoms with E-state index >= 15 is 0 Å². The van der Waals surface area contributed by atoms with Crippen LogP contribution in [0.4, 0.5) is 0 Å². The van der Waals surface area contributed by atoms with Gasteiger partial charge in [-0.25, -0.2) is 14.5 Å². The van der Waals surface area contributed by atoms with Crippen LogP contribution in [-0.4, -0.2) is 39.8 Å². The van der Waals surface area contributed by atoms with Crippen LogP contribution in [0.3, 0.4) is 0 Å². The van der Waals surface area contributed by atoms with Gasteiger partial charge in [0.1, 0.15) is 11.4 Å². The van der Waals surface area contributed by atoms with E-state index in [1.54, 1.807) is 48.9 Å². The maximum absolute atomic E-state index is 14.3. The summed E-state index contributed by atoms with van der Waals surface area (Å²) in [5.74, 6) is 0.217. The standard InChI is InChI=1S/C35H31BrN4O4S2/c1-20(2)44-34(42)30-21(3)37-35-40(32(30)22-11-14-26(45-5)15-12-22)33(41)29(46-35)18-24-19-39(25-9-7-6-8-10-25)38-31(24)23-13-16-28(43-4)27(36)17-23/h6-20,32H,1-5H3. The molecule has 1 aliphatic heterocycles. The number of methoxy groups -OCH3 is 1. The number of aromatic nitrogens is 3. The van der Waals surface area contributed by atoms with Crippen molar-refractivity contribution in [1.29, 1.82) is 0 Å². The maximum Gasteiger partial charge on any atom is 0.338 e. The van der Waals surface area contributed by atoms with Crippen molar-refractivity contribution in [2.24, 2.45) is 4.99 Å². The predicted octanol–water partition coefficient (Wildman–Crippen LogP) is 6.53. The van der Waals surface area contributed by atoms with E-state index in [-0.39, 0.29) is 11.7 Å². The molecule has 1 atom stereocenters. The highest BCUT2D eigenvalue weighted by Crippen LogP contribution is 2.34. The molecule has 2 aromatic heterocycles. The molecule has 0 saturated carbocycles. The number of carbonyl (C=O) groups is 1. The minimum atomic E-state index is -0.690. The molecule has 8 nitrogen and oxygen atoms in total. The van der Waals surface area contributed by atoms with Crippen LogP contribution < -0.4 is 19.6 Å². The van der Waals surface area contributed by atoms with Gasteiger partial charge < -0.3 is 9.47 Å². The molecule has 234 valence electrons. The number of ether oxygens (including phenoxy) is 2. The summed E-state index contributed by atoms with van der Waals surface area (Å²) in [7, 11) is 1.62. The van der Waals surface area contributed by atoms with Gasteiger partial charge in [-0.2, -0.15) is 5.10 Å². The third-order valence-corrected chi connectivity index (χ3v) is 9.84. The third-order valence-electron chi connectivity index (χ3n) is 7.49. The monoisotopic (exact) mass is 714 g/mol. The van der Waals surface area contributed by atoms with Crippen LogP contribution in [0.15, 0.2) is 109 Å². The minimum Gasteiger partial charge on any atom is -0.496 e. The van der Waals surface area contributed by atoms with Crippen molar-refractivity contribution in [3.05, 3.63) is 126 Å². The molecule has 0 spiro atoms. The second-order valence-electron chi connectivity index (χ2n) is 10.9. The molecule has 0 radical (unpaired) electrons. The van der Waals surface area contributed by atoms with E-state index in [2.05, 4.69) is 15.9 Å². The van der Waals surface area contributed by atoms with Gasteiger partial charge in [0, 0.05) is 22.2 Å². The number of nitrogens with zero attached hydrogens (tertiary/aromatic N) is 4. The second-order valence-corrected chi connectivity index (χ2v) is 13.6. The van der Waals surface area contributed by atoms with Crippen LogP contribution in [-0.2, 0) is 9.53 Å². The number of para-hydroxylation sites is 1. The average Bonchev–Trinajstić information content (AvgIpc) is 3.61. The van der Waals surface area contributed by atoms with Gasteiger partial charge in [-0.15, -0.1) is 11.8 Å². The molecule has 0 saturated heterocycles. The van der Waals surface area contributed by atoms with Gasteiger partial charge in [-0.3, -0.25) is 9.36 Å². The van der Waals surface area contributed by atoms with Gasteiger partial charge in [-0.1, -0.05) is 41.7 Å². The molecular formula is C35H31BrN4O4S2. The Kier molecular flexibility index (Phi) is 9.17. The van der Waals surface area contributed by atoms with E-state index in [0.29, 0.717) is 32.0 Å². The largest absolute Gasteiger partial charge is 0.496 e. The molecule has 1 aliphatic rings. The highest BCUT2D eigenvalue weighted by molar-refractivity contribution is 9.10. The smallest absolute Gasteiger partial charge is 0.338 e. The van der Waals surface area contributed by atoms with Crippen molar-refractivity contribution in [3.8, 4) is 22.7 Å². The van der Waals surface area contributed by atoms with Crippen LogP contribution >= 0.6 is 39.0 Å². The van der Waals surface area contributed by atoms with E-state index in [0.717, 1.165) is 31.7 Å². The summed E-state index contributed by atoms with van der Waals surface area (Å²) in [6.07, 6.45) is 5.44. The normalized spacial score (nSPS) is 14.8. The third kappa shape index (κ3) is 6.14. The Balaban J connectivity index is 1.55. The number of rotatable bonds is 8. The highest BCUT2D eigenvalue weighted by Gasteiger charge is 2.34. The van der Waals surface area contributed by atoms with E-state index in [9.17, 15) is 9.59 Å². The molecule has 0 fully saturated rings. The Hall–Kier alpha value is -4.19. The number of allylic oxidation sites excluding steroid dienone is 1. The van der Waals surface area contributed by atoms with Crippen molar-refractivity contribution in [2.45, 2.75) is 37.8 Å². The van der Waals surface area contributed by atoms with Crippen molar-refractivity contribution < 1.29 is 14.3 Å². The quantitative estimate of drug-likeness (QED) is 0.134. The van der Waals surface area contributed by atoms with Gasteiger partial charge in [0.2, 0.25) is 0 Å². The fourth-order valence-corrected chi connectivity index (χ4v) is 7.33. The molecule has 0 bridgehead atoms. The van der Waals surface area contributed by atoms with Gasteiger partial charge >= 0.3 is 5.97 Å². The summed E-state index contributed by atoms with van der Waals surface area (Å²) in [6, 6.07) is 22.8. The van der Waals surface area contributed by atoms with E-state index in [4.69, 9.17) is 19.6 Å². The number of hydrogen-bond donors (Lipinski definition) is 0.